The van der Waals surface area contributed by atoms with E-state index in [1.54, 1.807) is 48.5 Å². The van der Waals surface area contributed by atoms with E-state index in [0.29, 0.717) is 10.7 Å². The van der Waals surface area contributed by atoms with E-state index >= 15 is 0 Å². The molecule has 4 rings (SSSR count). The molecule has 160 valence electrons. The van der Waals surface area contributed by atoms with Gasteiger partial charge in [0.15, 0.2) is 5.78 Å². The molecule has 1 aliphatic rings. The van der Waals surface area contributed by atoms with Crippen molar-refractivity contribution < 1.29 is 19.2 Å². The fourth-order valence-electron chi connectivity index (χ4n) is 3.45. The van der Waals surface area contributed by atoms with Gasteiger partial charge < -0.3 is 5.32 Å². The number of imide groups is 1. The molecule has 0 radical (unpaired) electrons. The summed E-state index contributed by atoms with van der Waals surface area (Å²) >= 11 is 12.3. The zero-order chi connectivity index (χ0) is 22.8. The molecular formula is C24H16Cl2N2O4. The number of amides is 3. The molecule has 0 aromatic heterocycles. The molecule has 1 N–H and O–H groups in total. The predicted octanol–water partition coefficient (Wildman–Crippen LogP) is 5.13. The van der Waals surface area contributed by atoms with E-state index in [2.05, 4.69) is 5.32 Å². The zero-order valence-corrected chi connectivity index (χ0v) is 18.1. The minimum atomic E-state index is -0.513. The van der Waals surface area contributed by atoms with Gasteiger partial charge in [-0.2, -0.15) is 0 Å². The molecule has 0 aliphatic carbocycles. The maximum absolute atomic E-state index is 13.1. The Morgan fingerprint density at radius 2 is 1.53 bits per heavy atom. The van der Waals surface area contributed by atoms with Crippen LogP contribution in [0.3, 0.4) is 0 Å². The highest BCUT2D eigenvalue weighted by Crippen LogP contribution is 2.28. The molecule has 0 atom stereocenters. The van der Waals surface area contributed by atoms with Gasteiger partial charge in [-0.3, -0.25) is 24.1 Å². The average Bonchev–Trinajstić information content (AvgIpc) is 3.12. The maximum atomic E-state index is 13.1. The van der Waals surface area contributed by atoms with Gasteiger partial charge in [0.25, 0.3) is 5.91 Å². The Bertz CT molecular complexity index is 1260. The first kappa shape index (κ1) is 21.7. The number of carbonyl (C=O) groups excluding carboxylic acids is 4. The van der Waals surface area contributed by atoms with Gasteiger partial charge in [0.2, 0.25) is 11.8 Å². The molecular weight excluding hydrogens is 451 g/mol. The number of nitrogens with zero attached hydrogens (tertiary/aromatic N) is 1. The number of halogens is 2. The number of hydrogen-bond donors (Lipinski definition) is 1. The van der Waals surface area contributed by atoms with Crippen LogP contribution in [0.15, 0.2) is 66.7 Å². The van der Waals surface area contributed by atoms with Crippen LogP contribution in [0.1, 0.15) is 39.1 Å². The van der Waals surface area contributed by atoms with Crippen LogP contribution in [0.4, 0.5) is 11.4 Å². The maximum Gasteiger partial charge on any atom is 0.255 e. The number of benzene rings is 3. The van der Waals surface area contributed by atoms with Crippen molar-refractivity contribution in [3.8, 4) is 0 Å². The molecule has 3 aromatic carbocycles. The summed E-state index contributed by atoms with van der Waals surface area (Å²) in [5.41, 5.74) is 1.26. The molecule has 8 heteroatoms. The largest absolute Gasteiger partial charge is 0.321 e. The van der Waals surface area contributed by atoms with Crippen molar-refractivity contribution in [2.24, 2.45) is 0 Å². The molecule has 0 saturated carbocycles. The Morgan fingerprint density at radius 3 is 2.25 bits per heavy atom. The third kappa shape index (κ3) is 4.28. The summed E-state index contributed by atoms with van der Waals surface area (Å²) in [4.78, 5) is 51.1. The lowest BCUT2D eigenvalue weighted by Gasteiger charge is -2.15. The van der Waals surface area contributed by atoms with Crippen LogP contribution >= 0.6 is 23.2 Å². The fourth-order valence-corrected chi connectivity index (χ4v) is 3.84. The lowest BCUT2D eigenvalue weighted by molar-refractivity contribution is -0.121. The molecule has 3 amide bonds. The van der Waals surface area contributed by atoms with E-state index in [1.165, 1.54) is 18.2 Å². The average molecular weight is 467 g/mol. The molecule has 32 heavy (non-hydrogen) atoms. The van der Waals surface area contributed by atoms with Crippen molar-refractivity contribution in [2.75, 3.05) is 10.2 Å². The summed E-state index contributed by atoms with van der Waals surface area (Å²) < 4.78 is 0. The number of carbonyl (C=O) groups is 4. The number of hydrogen-bond acceptors (Lipinski definition) is 4. The third-order valence-electron chi connectivity index (χ3n) is 5.01. The van der Waals surface area contributed by atoms with E-state index < -0.39 is 11.7 Å². The molecule has 0 bridgehead atoms. The first-order chi connectivity index (χ1) is 15.3. The van der Waals surface area contributed by atoms with Crippen LogP contribution in [-0.2, 0) is 9.59 Å². The monoisotopic (exact) mass is 466 g/mol. The van der Waals surface area contributed by atoms with Crippen LogP contribution < -0.4 is 10.2 Å². The summed E-state index contributed by atoms with van der Waals surface area (Å²) in [5, 5.41) is 3.32. The van der Waals surface area contributed by atoms with E-state index in [1.807, 2.05) is 0 Å². The minimum Gasteiger partial charge on any atom is -0.321 e. The predicted molar refractivity (Wildman–Crippen MR) is 122 cm³/mol. The second-order valence-electron chi connectivity index (χ2n) is 7.13. The summed E-state index contributed by atoms with van der Waals surface area (Å²) in [6.07, 6.45) is 0.293. The number of rotatable bonds is 5. The summed E-state index contributed by atoms with van der Waals surface area (Å²) in [5.74, 6) is -1.52. The Morgan fingerprint density at radius 1 is 0.812 bits per heavy atom. The number of nitrogens with one attached hydrogen (secondary N) is 1. The van der Waals surface area contributed by atoms with E-state index in [0.717, 1.165) is 4.90 Å². The molecule has 1 saturated heterocycles. The molecule has 1 fully saturated rings. The molecule has 3 aromatic rings. The van der Waals surface area contributed by atoms with E-state index in [-0.39, 0.29) is 52.1 Å². The summed E-state index contributed by atoms with van der Waals surface area (Å²) in [6.45, 7) is 0. The van der Waals surface area contributed by atoms with Gasteiger partial charge in [-0.25, -0.2) is 0 Å². The zero-order valence-electron chi connectivity index (χ0n) is 16.6. The molecule has 0 unspecified atom stereocenters. The highest BCUT2D eigenvalue weighted by atomic mass is 35.5. The van der Waals surface area contributed by atoms with Gasteiger partial charge in [0.1, 0.15) is 0 Å². The van der Waals surface area contributed by atoms with Crippen molar-refractivity contribution in [1.29, 1.82) is 0 Å². The molecule has 0 spiro atoms. The highest BCUT2D eigenvalue weighted by molar-refractivity contribution is 6.36. The van der Waals surface area contributed by atoms with Crippen LogP contribution in [0.2, 0.25) is 10.0 Å². The molecule has 1 heterocycles. The molecule has 6 nitrogen and oxygen atoms in total. The third-order valence-corrected chi connectivity index (χ3v) is 5.58. The lowest BCUT2D eigenvalue weighted by atomic mass is 10.0. The van der Waals surface area contributed by atoms with Crippen molar-refractivity contribution in [2.45, 2.75) is 12.8 Å². The van der Waals surface area contributed by atoms with Crippen LogP contribution in [0.5, 0.6) is 0 Å². The van der Waals surface area contributed by atoms with Crippen LogP contribution in [0, 0.1) is 0 Å². The SMILES string of the molecule is O=C(Nc1ccc(Cl)cc1C(=O)c1ccccc1Cl)c1cccc(N2C(=O)CCC2=O)c1. The quantitative estimate of drug-likeness (QED) is 0.417. The van der Waals surface area contributed by atoms with Crippen LogP contribution in [-0.4, -0.2) is 23.5 Å². The van der Waals surface area contributed by atoms with Gasteiger partial charge in [-0.1, -0.05) is 41.4 Å². The van der Waals surface area contributed by atoms with Gasteiger partial charge in [0, 0.05) is 34.6 Å². The first-order valence-electron chi connectivity index (χ1n) is 9.71. The van der Waals surface area contributed by atoms with Crippen molar-refractivity contribution in [1.82, 2.24) is 0 Å². The standard InChI is InChI=1S/C24H16Cl2N2O4/c25-15-8-9-20(18(13-15)23(31)17-6-1-2-7-19(17)26)27-24(32)14-4-3-5-16(12-14)28-21(29)10-11-22(28)30/h1-9,12-13H,10-11H2,(H,27,32). The highest BCUT2D eigenvalue weighted by Gasteiger charge is 2.30. The first-order valence-corrected chi connectivity index (χ1v) is 10.5. The molecule has 1 aliphatic heterocycles. The van der Waals surface area contributed by atoms with Crippen molar-refractivity contribution in [3.05, 3.63) is 93.5 Å². The van der Waals surface area contributed by atoms with Gasteiger partial charge in [-0.15, -0.1) is 0 Å². The second-order valence-corrected chi connectivity index (χ2v) is 7.97. The fraction of sp³-hybridized carbons (Fsp3) is 0.0833. The Labute approximate surface area is 193 Å². The Balaban J connectivity index is 1.64. The lowest BCUT2D eigenvalue weighted by Crippen LogP contribution is -2.28. The summed E-state index contributed by atoms with van der Waals surface area (Å²) in [7, 11) is 0. The van der Waals surface area contributed by atoms with E-state index in [9.17, 15) is 19.2 Å². The normalized spacial score (nSPS) is 13.4. The Hall–Kier alpha value is -3.48. The topological polar surface area (TPSA) is 83.6 Å². The second kappa shape index (κ2) is 8.94. The summed E-state index contributed by atoms with van der Waals surface area (Å²) in [6, 6.07) is 17.3. The smallest absolute Gasteiger partial charge is 0.255 e. The van der Waals surface area contributed by atoms with Gasteiger partial charge in [0.05, 0.1) is 16.4 Å². The van der Waals surface area contributed by atoms with Crippen molar-refractivity contribution in [3.63, 3.8) is 0 Å². The van der Waals surface area contributed by atoms with E-state index in [4.69, 9.17) is 23.2 Å². The van der Waals surface area contributed by atoms with Crippen molar-refractivity contribution >= 4 is 58.1 Å². The number of anilines is 2. The Kier molecular flexibility index (Phi) is 6.08. The van der Waals surface area contributed by atoms with Crippen LogP contribution in [0.25, 0.3) is 0 Å². The van der Waals surface area contributed by atoms with Gasteiger partial charge in [-0.05, 0) is 48.5 Å². The number of ketones is 1. The van der Waals surface area contributed by atoms with Gasteiger partial charge >= 0.3 is 0 Å². The minimum absolute atomic E-state index is 0.146.